The highest BCUT2D eigenvalue weighted by molar-refractivity contribution is 6.42. The summed E-state index contributed by atoms with van der Waals surface area (Å²) in [5, 5.41) is 4.38. The van der Waals surface area contributed by atoms with Crippen molar-refractivity contribution in [3.8, 4) is 23.0 Å². The van der Waals surface area contributed by atoms with E-state index in [0.29, 0.717) is 39.9 Å². The molecule has 6 rings (SSSR count). The molecule has 1 unspecified atom stereocenters. The van der Waals surface area contributed by atoms with E-state index in [2.05, 4.69) is 10.3 Å². The van der Waals surface area contributed by atoms with Crippen molar-refractivity contribution < 1.29 is 9.53 Å². The van der Waals surface area contributed by atoms with Crippen LogP contribution in [0.2, 0.25) is 10.0 Å². The fraction of sp³-hybridized carbons (Fsp3) is 0.333. The van der Waals surface area contributed by atoms with Gasteiger partial charge in [0.25, 0.3) is 0 Å². The fourth-order valence-corrected chi connectivity index (χ4v) is 5.15. The molecule has 190 valence electrons. The molecule has 2 aromatic heterocycles. The highest BCUT2D eigenvalue weighted by Gasteiger charge is 2.35. The van der Waals surface area contributed by atoms with Crippen LogP contribution in [0.4, 0.5) is 5.95 Å². The number of methoxy groups -OCH3 is 1. The number of amides is 1. The highest BCUT2D eigenvalue weighted by Crippen LogP contribution is 2.34. The zero-order valence-corrected chi connectivity index (χ0v) is 21.8. The van der Waals surface area contributed by atoms with Crippen molar-refractivity contribution in [2.45, 2.75) is 31.7 Å². The molecule has 1 saturated heterocycles. The van der Waals surface area contributed by atoms with Gasteiger partial charge < -0.3 is 15.0 Å². The van der Waals surface area contributed by atoms with Gasteiger partial charge >= 0.3 is 0 Å². The third-order valence-electron chi connectivity index (χ3n) is 6.90. The molecule has 1 aliphatic heterocycles. The van der Waals surface area contributed by atoms with E-state index in [0.717, 1.165) is 48.8 Å². The van der Waals surface area contributed by atoms with Crippen molar-refractivity contribution in [2.75, 3.05) is 25.5 Å². The Hall–Kier alpha value is -3.36. The van der Waals surface area contributed by atoms with Gasteiger partial charge in [-0.05, 0) is 62.1 Å². The van der Waals surface area contributed by atoms with Crippen LogP contribution in [0.5, 0.6) is 5.75 Å². The number of imidazole rings is 1. The number of piperidine rings is 1. The minimum Gasteiger partial charge on any atom is -0.497 e. The van der Waals surface area contributed by atoms with E-state index in [9.17, 15) is 4.79 Å². The fourth-order valence-electron chi connectivity index (χ4n) is 4.85. The Bertz CT molecular complexity index is 1490. The number of benzene rings is 2. The Kier molecular flexibility index (Phi) is 6.38. The monoisotopic (exact) mass is 536 g/mol. The van der Waals surface area contributed by atoms with Crippen LogP contribution in [0.3, 0.4) is 0 Å². The van der Waals surface area contributed by atoms with E-state index >= 15 is 0 Å². The lowest BCUT2D eigenvalue weighted by molar-refractivity contribution is -0.133. The van der Waals surface area contributed by atoms with E-state index < -0.39 is 0 Å². The van der Waals surface area contributed by atoms with Crippen LogP contribution in [0, 0.1) is 5.92 Å². The molecule has 1 saturated carbocycles. The topological polar surface area (TPSA) is 85.2 Å². The first kappa shape index (κ1) is 24.0. The zero-order valence-electron chi connectivity index (χ0n) is 20.3. The minimum absolute atomic E-state index is 0.0980. The number of carbonyl (C=O) groups excluding carboxylic acids is 1. The molecule has 4 aromatic rings. The number of anilines is 1. The average molecular weight is 537 g/mol. The van der Waals surface area contributed by atoms with E-state index in [1.807, 2.05) is 39.8 Å². The van der Waals surface area contributed by atoms with Gasteiger partial charge in [-0.15, -0.1) is 0 Å². The second-order valence-electron chi connectivity index (χ2n) is 9.53. The second-order valence-corrected chi connectivity index (χ2v) is 10.3. The predicted octanol–water partition coefficient (Wildman–Crippen LogP) is 5.61. The second kappa shape index (κ2) is 9.84. The number of halogens is 2. The first-order valence-corrected chi connectivity index (χ1v) is 13.2. The van der Waals surface area contributed by atoms with E-state index in [1.54, 1.807) is 25.4 Å². The summed E-state index contributed by atoms with van der Waals surface area (Å²) in [6, 6.07) is 13.1. The number of nitrogens with zero attached hydrogens (tertiary/aromatic N) is 5. The molecule has 1 amide bonds. The van der Waals surface area contributed by atoms with Crippen LogP contribution in [0.1, 0.15) is 25.7 Å². The zero-order chi connectivity index (χ0) is 25.5. The Labute approximate surface area is 224 Å². The number of fused-ring (bicyclic) bond motifs is 1. The first-order valence-electron chi connectivity index (χ1n) is 12.4. The number of ether oxygens (including phenoxy) is 1. The molecule has 8 nitrogen and oxygen atoms in total. The van der Waals surface area contributed by atoms with Gasteiger partial charge in [-0.1, -0.05) is 23.2 Å². The molecule has 0 bridgehead atoms. The van der Waals surface area contributed by atoms with Crippen molar-refractivity contribution in [3.63, 3.8) is 0 Å². The summed E-state index contributed by atoms with van der Waals surface area (Å²) < 4.78 is 7.45. The Balaban J connectivity index is 1.37. The highest BCUT2D eigenvalue weighted by atomic mass is 35.5. The summed E-state index contributed by atoms with van der Waals surface area (Å²) in [6.45, 7) is 1.49. The smallest absolute Gasteiger partial charge is 0.225 e. The number of hydrogen-bond donors (Lipinski definition) is 1. The molecule has 37 heavy (non-hydrogen) atoms. The largest absolute Gasteiger partial charge is 0.497 e. The summed E-state index contributed by atoms with van der Waals surface area (Å²) in [5.74, 6) is 3.05. The standard InChI is InChI=1S/C27H26Cl2N6O2/c1-37-19-7-9-22-23(14-19)35(25(32-22)17-6-8-20(28)21(29)13-17)24-10-11-30-27(33-24)31-18-3-2-12-34(15-18)26(36)16-4-5-16/h6-11,13-14,16,18H,2-5,12,15H2,1H3,(H,30,31,33). The van der Waals surface area contributed by atoms with E-state index in [-0.39, 0.29) is 17.9 Å². The third kappa shape index (κ3) is 4.83. The number of rotatable bonds is 6. The molecule has 1 atom stereocenters. The van der Waals surface area contributed by atoms with Crippen LogP contribution in [-0.2, 0) is 4.79 Å². The molecule has 1 N–H and O–H groups in total. The van der Waals surface area contributed by atoms with Crippen LogP contribution in [0.25, 0.3) is 28.2 Å². The maximum Gasteiger partial charge on any atom is 0.225 e. The quantitative estimate of drug-likeness (QED) is 0.344. The van der Waals surface area contributed by atoms with Crippen molar-refractivity contribution in [1.29, 1.82) is 0 Å². The average Bonchev–Trinajstić information content (AvgIpc) is 3.70. The van der Waals surface area contributed by atoms with Crippen molar-refractivity contribution in [2.24, 2.45) is 5.92 Å². The summed E-state index contributed by atoms with van der Waals surface area (Å²) in [7, 11) is 1.63. The molecule has 2 fully saturated rings. The molecule has 1 aliphatic carbocycles. The lowest BCUT2D eigenvalue weighted by atomic mass is 10.1. The normalized spacial score (nSPS) is 17.7. The maximum atomic E-state index is 12.6. The molecule has 10 heteroatoms. The van der Waals surface area contributed by atoms with Crippen LogP contribution in [-0.4, -0.2) is 56.6 Å². The van der Waals surface area contributed by atoms with Gasteiger partial charge in [-0.2, -0.15) is 4.98 Å². The van der Waals surface area contributed by atoms with Gasteiger partial charge in [-0.25, -0.2) is 9.97 Å². The minimum atomic E-state index is 0.0980. The number of nitrogens with one attached hydrogen (secondary N) is 1. The van der Waals surface area contributed by atoms with Crippen molar-refractivity contribution in [3.05, 3.63) is 58.7 Å². The lowest BCUT2D eigenvalue weighted by Crippen LogP contribution is -2.45. The molecule has 2 aliphatic rings. The van der Waals surface area contributed by atoms with Crippen LogP contribution in [0.15, 0.2) is 48.7 Å². The Morgan fingerprint density at radius 1 is 1.05 bits per heavy atom. The lowest BCUT2D eigenvalue weighted by Gasteiger charge is -2.33. The van der Waals surface area contributed by atoms with Gasteiger partial charge in [0.15, 0.2) is 0 Å². The molecular formula is C27H26Cl2N6O2. The maximum absolute atomic E-state index is 12.6. The summed E-state index contributed by atoms with van der Waals surface area (Å²) in [5.41, 5.74) is 2.43. The summed E-state index contributed by atoms with van der Waals surface area (Å²) in [4.78, 5) is 28.8. The Morgan fingerprint density at radius 3 is 2.70 bits per heavy atom. The van der Waals surface area contributed by atoms with Gasteiger partial charge in [-0.3, -0.25) is 9.36 Å². The SMILES string of the molecule is COc1ccc2nc(-c3ccc(Cl)c(Cl)c3)n(-c3ccnc(NC4CCCN(C(=O)C5CC5)C4)n3)c2c1. The van der Waals surface area contributed by atoms with Gasteiger partial charge in [0.2, 0.25) is 11.9 Å². The first-order chi connectivity index (χ1) is 18.0. The van der Waals surface area contributed by atoms with E-state index in [1.165, 1.54) is 0 Å². The predicted molar refractivity (Wildman–Crippen MR) is 145 cm³/mol. The molecule has 0 radical (unpaired) electrons. The van der Waals surface area contributed by atoms with Gasteiger partial charge in [0.05, 0.1) is 28.2 Å². The number of carbonyl (C=O) groups is 1. The van der Waals surface area contributed by atoms with Crippen molar-refractivity contribution >= 4 is 46.1 Å². The van der Waals surface area contributed by atoms with Gasteiger partial charge in [0, 0.05) is 42.9 Å². The van der Waals surface area contributed by atoms with E-state index in [4.69, 9.17) is 37.9 Å². The Morgan fingerprint density at radius 2 is 1.92 bits per heavy atom. The molecular weight excluding hydrogens is 511 g/mol. The van der Waals surface area contributed by atoms with Crippen molar-refractivity contribution in [1.82, 2.24) is 24.4 Å². The van der Waals surface area contributed by atoms with Gasteiger partial charge in [0.1, 0.15) is 17.4 Å². The summed E-state index contributed by atoms with van der Waals surface area (Å²) in [6.07, 6.45) is 5.68. The molecule has 3 heterocycles. The molecule has 2 aromatic carbocycles. The van der Waals surface area contributed by atoms with Crippen LogP contribution < -0.4 is 10.1 Å². The number of likely N-dealkylation sites (tertiary alicyclic amines) is 1. The number of aromatic nitrogens is 4. The third-order valence-corrected chi connectivity index (χ3v) is 7.64. The van der Waals surface area contributed by atoms with Crippen LogP contribution >= 0.6 is 23.2 Å². The number of hydrogen-bond acceptors (Lipinski definition) is 6. The summed E-state index contributed by atoms with van der Waals surface area (Å²) >= 11 is 12.5. The molecule has 0 spiro atoms.